The predicted octanol–water partition coefficient (Wildman–Crippen LogP) is 3.94. The zero-order chi connectivity index (χ0) is 25.9. The first-order valence-electron chi connectivity index (χ1n) is 10.4. The number of nitrogens with one attached hydrogen (secondary N) is 1. The summed E-state index contributed by atoms with van der Waals surface area (Å²) in [5.41, 5.74) is 1.03. The first-order valence-corrected chi connectivity index (χ1v) is 12.7. The van der Waals surface area contributed by atoms with Crippen molar-refractivity contribution in [2.24, 2.45) is 4.99 Å². The number of carbonyl (C=O) groups excluding carboxylic acids is 1. The summed E-state index contributed by atoms with van der Waals surface area (Å²) in [6, 6.07) is 14.5. The van der Waals surface area contributed by atoms with Crippen LogP contribution in [-0.2, 0) is 21.3 Å². The smallest absolute Gasteiger partial charge is 0.279 e. The maximum absolute atomic E-state index is 13.1. The quantitative estimate of drug-likeness (QED) is 0.271. The molecular formula is C23H19FN4O6S2. The molecule has 0 aliphatic carbocycles. The number of carbonyl (C=O) groups is 1. The molecule has 0 atom stereocenters. The van der Waals surface area contributed by atoms with Crippen molar-refractivity contribution >= 4 is 48.9 Å². The van der Waals surface area contributed by atoms with Gasteiger partial charge in [-0.1, -0.05) is 11.3 Å². The lowest BCUT2D eigenvalue weighted by Crippen LogP contribution is -2.19. The second-order valence-electron chi connectivity index (χ2n) is 7.49. The number of nitrogens with zero attached hydrogens (tertiary/aromatic N) is 3. The molecular weight excluding hydrogens is 511 g/mol. The summed E-state index contributed by atoms with van der Waals surface area (Å²) in [6.45, 7) is 0.720. The van der Waals surface area contributed by atoms with E-state index in [1.165, 1.54) is 43.5 Å². The standard InChI is InChI=1S/C23H19FN4O6S2/c1-34-13-12-27-20-11-8-18(28(30)31)14-21(20)35-23(27)25-22(29)15-2-6-17(7-3-15)26-36(32,33)19-9-4-16(24)5-10-19/h2-11,14,26H,12-13H2,1H3. The van der Waals surface area contributed by atoms with Gasteiger partial charge in [0.25, 0.3) is 21.6 Å². The van der Waals surface area contributed by atoms with Crippen molar-refractivity contribution in [1.29, 1.82) is 0 Å². The number of fused-ring (bicyclic) bond motifs is 1. The fourth-order valence-electron chi connectivity index (χ4n) is 3.32. The molecule has 0 saturated heterocycles. The molecule has 186 valence electrons. The van der Waals surface area contributed by atoms with Gasteiger partial charge in [0.2, 0.25) is 0 Å². The van der Waals surface area contributed by atoms with Crippen LogP contribution < -0.4 is 9.52 Å². The summed E-state index contributed by atoms with van der Waals surface area (Å²) in [7, 11) is -2.40. The maximum Gasteiger partial charge on any atom is 0.279 e. The lowest BCUT2D eigenvalue weighted by atomic mass is 10.2. The van der Waals surface area contributed by atoms with E-state index in [4.69, 9.17) is 4.74 Å². The average Bonchev–Trinajstić information content (AvgIpc) is 3.19. The molecule has 0 radical (unpaired) electrons. The molecule has 0 unspecified atom stereocenters. The SMILES string of the molecule is COCCn1c(=NC(=O)c2ccc(NS(=O)(=O)c3ccc(F)cc3)cc2)sc2cc([N+](=O)[O-])ccc21. The fourth-order valence-corrected chi connectivity index (χ4v) is 5.47. The van der Waals surface area contributed by atoms with Crippen LogP contribution in [0.4, 0.5) is 15.8 Å². The fraction of sp³-hybridized carbons (Fsp3) is 0.130. The van der Waals surface area contributed by atoms with E-state index < -0.39 is 26.7 Å². The minimum atomic E-state index is -3.94. The number of aromatic nitrogens is 1. The van der Waals surface area contributed by atoms with Crippen LogP contribution in [0.25, 0.3) is 10.2 Å². The Morgan fingerprint density at radius 2 is 1.83 bits per heavy atom. The molecule has 0 fully saturated rings. The summed E-state index contributed by atoms with van der Waals surface area (Å²) in [6.07, 6.45) is 0. The van der Waals surface area contributed by atoms with E-state index in [9.17, 15) is 27.7 Å². The number of sulfonamides is 1. The van der Waals surface area contributed by atoms with Gasteiger partial charge in [-0.15, -0.1) is 0 Å². The molecule has 0 spiro atoms. The van der Waals surface area contributed by atoms with E-state index in [1.807, 2.05) is 0 Å². The summed E-state index contributed by atoms with van der Waals surface area (Å²) in [5, 5.41) is 11.1. The number of benzene rings is 3. The molecule has 0 bridgehead atoms. The lowest BCUT2D eigenvalue weighted by Gasteiger charge is -2.08. The van der Waals surface area contributed by atoms with Gasteiger partial charge < -0.3 is 9.30 Å². The van der Waals surface area contributed by atoms with Gasteiger partial charge in [-0.2, -0.15) is 4.99 Å². The van der Waals surface area contributed by atoms with E-state index in [2.05, 4.69) is 9.71 Å². The van der Waals surface area contributed by atoms with Crippen molar-refractivity contribution in [2.45, 2.75) is 11.4 Å². The van der Waals surface area contributed by atoms with Crippen molar-refractivity contribution in [3.05, 3.63) is 93.0 Å². The first-order chi connectivity index (χ1) is 17.2. The van der Waals surface area contributed by atoms with Crippen molar-refractivity contribution < 1.29 is 27.3 Å². The minimum absolute atomic E-state index is 0.0702. The molecule has 1 N–H and O–H groups in total. The topological polar surface area (TPSA) is 133 Å². The van der Waals surface area contributed by atoms with E-state index in [0.29, 0.717) is 28.2 Å². The van der Waals surface area contributed by atoms with Crippen LogP contribution in [0.3, 0.4) is 0 Å². The third-order valence-corrected chi connectivity index (χ3v) is 7.54. The highest BCUT2D eigenvalue weighted by Crippen LogP contribution is 2.23. The molecule has 10 nitrogen and oxygen atoms in total. The normalized spacial score (nSPS) is 12.1. The number of amides is 1. The van der Waals surface area contributed by atoms with E-state index in [-0.39, 0.29) is 21.8 Å². The molecule has 13 heteroatoms. The number of methoxy groups -OCH3 is 1. The number of rotatable bonds is 8. The van der Waals surface area contributed by atoms with Crippen molar-refractivity contribution in [3.63, 3.8) is 0 Å². The molecule has 0 aliphatic rings. The molecule has 4 aromatic rings. The van der Waals surface area contributed by atoms with Crippen LogP contribution in [-0.4, -0.2) is 37.5 Å². The van der Waals surface area contributed by atoms with Gasteiger partial charge in [0.05, 0.1) is 26.6 Å². The number of ether oxygens (including phenoxy) is 1. The number of non-ortho nitro benzene ring substituents is 1. The molecule has 1 aromatic heterocycles. The number of thiazole rings is 1. The first kappa shape index (κ1) is 25.2. The van der Waals surface area contributed by atoms with Gasteiger partial charge in [0.15, 0.2) is 4.80 Å². The van der Waals surface area contributed by atoms with Gasteiger partial charge in [0.1, 0.15) is 5.82 Å². The average molecular weight is 531 g/mol. The predicted molar refractivity (Wildman–Crippen MR) is 132 cm³/mol. The third-order valence-electron chi connectivity index (χ3n) is 5.10. The second kappa shape index (κ2) is 10.4. The van der Waals surface area contributed by atoms with E-state index in [1.54, 1.807) is 10.6 Å². The van der Waals surface area contributed by atoms with Crippen LogP contribution in [0.2, 0.25) is 0 Å². The molecule has 1 amide bonds. The number of nitro groups is 1. The van der Waals surface area contributed by atoms with Gasteiger partial charge in [0, 0.05) is 37.0 Å². The van der Waals surface area contributed by atoms with Crippen LogP contribution in [0.5, 0.6) is 0 Å². The number of hydrogen-bond donors (Lipinski definition) is 1. The Bertz CT molecular complexity index is 1610. The monoisotopic (exact) mass is 530 g/mol. The Hall–Kier alpha value is -3.94. The van der Waals surface area contributed by atoms with E-state index in [0.717, 1.165) is 35.6 Å². The summed E-state index contributed by atoms with van der Waals surface area (Å²) in [4.78, 5) is 27.9. The summed E-state index contributed by atoms with van der Waals surface area (Å²) in [5.74, 6) is -1.13. The van der Waals surface area contributed by atoms with Gasteiger partial charge >= 0.3 is 0 Å². The second-order valence-corrected chi connectivity index (χ2v) is 10.2. The van der Waals surface area contributed by atoms with Crippen molar-refractivity contribution in [1.82, 2.24) is 4.57 Å². The van der Waals surface area contributed by atoms with Crippen LogP contribution >= 0.6 is 11.3 Å². The number of nitro benzene ring substituents is 1. The van der Waals surface area contributed by atoms with Crippen LogP contribution in [0, 0.1) is 15.9 Å². The Kier molecular flexibility index (Phi) is 7.24. The zero-order valence-electron chi connectivity index (χ0n) is 18.8. The maximum atomic E-state index is 13.1. The highest BCUT2D eigenvalue weighted by molar-refractivity contribution is 7.92. The lowest BCUT2D eigenvalue weighted by molar-refractivity contribution is -0.384. The van der Waals surface area contributed by atoms with Crippen LogP contribution in [0.15, 0.2) is 76.6 Å². The molecule has 4 rings (SSSR count). The van der Waals surface area contributed by atoms with Crippen molar-refractivity contribution in [2.75, 3.05) is 18.4 Å². The molecule has 3 aromatic carbocycles. The molecule has 0 saturated carbocycles. The van der Waals surface area contributed by atoms with Crippen LogP contribution in [0.1, 0.15) is 10.4 Å². The Labute approximate surface area is 208 Å². The van der Waals surface area contributed by atoms with Gasteiger partial charge in [-0.3, -0.25) is 19.6 Å². The van der Waals surface area contributed by atoms with Crippen molar-refractivity contribution in [3.8, 4) is 0 Å². The Morgan fingerprint density at radius 3 is 2.47 bits per heavy atom. The number of anilines is 1. The minimum Gasteiger partial charge on any atom is -0.383 e. The number of hydrogen-bond acceptors (Lipinski definition) is 7. The molecule has 1 heterocycles. The number of halogens is 1. The highest BCUT2D eigenvalue weighted by atomic mass is 32.2. The highest BCUT2D eigenvalue weighted by Gasteiger charge is 2.16. The third kappa shape index (κ3) is 5.48. The Morgan fingerprint density at radius 1 is 1.14 bits per heavy atom. The molecule has 0 aliphatic heterocycles. The summed E-state index contributed by atoms with van der Waals surface area (Å²) < 4.78 is 47.9. The summed E-state index contributed by atoms with van der Waals surface area (Å²) >= 11 is 1.14. The zero-order valence-corrected chi connectivity index (χ0v) is 20.4. The largest absolute Gasteiger partial charge is 0.383 e. The molecule has 36 heavy (non-hydrogen) atoms. The van der Waals surface area contributed by atoms with Gasteiger partial charge in [-0.25, -0.2) is 12.8 Å². The van der Waals surface area contributed by atoms with Gasteiger partial charge in [-0.05, 0) is 54.6 Å². The van der Waals surface area contributed by atoms with E-state index >= 15 is 0 Å². The Balaban J connectivity index is 1.61.